The van der Waals surface area contributed by atoms with Gasteiger partial charge in [-0.3, -0.25) is 0 Å². The van der Waals surface area contributed by atoms with Gasteiger partial charge in [-0.15, -0.1) is 0 Å². The topological polar surface area (TPSA) is 66.8 Å². The van der Waals surface area contributed by atoms with E-state index in [1.54, 1.807) is 6.92 Å². The molecule has 0 radical (unpaired) electrons. The molecular formula is C14H22O4. The zero-order valence-corrected chi connectivity index (χ0v) is 11.1. The van der Waals surface area contributed by atoms with Crippen LogP contribution in [-0.4, -0.2) is 33.5 Å². The van der Waals surface area contributed by atoms with Crippen LogP contribution in [0.1, 0.15) is 46.0 Å². The van der Waals surface area contributed by atoms with Crippen LogP contribution in [0.5, 0.6) is 0 Å². The van der Waals surface area contributed by atoms with E-state index in [2.05, 4.69) is 6.58 Å². The van der Waals surface area contributed by atoms with Crippen LogP contribution in [0.2, 0.25) is 0 Å². The first kappa shape index (κ1) is 13.6. The molecule has 102 valence electrons. The van der Waals surface area contributed by atoms with E-state index in [0.717, 1.165) is 0 Å². The molecule has 2 saturated carbocycles. The molecule has 4 unspecified atom stereocenters. The van der Waals surface area contributed by atoms with Crippen molar-refractivity contribution in [3.8, 4) is 0 Å². The molecule has 2 N–H and O–H groups in total. The Bertz CT molecular complexity index is 374. The maximum atomic E-state index is 11.7. The average Bonchev–Trinajstić information content (AvgIpc) is 2.11. The summed E-state index contributed by atoms with van der Waals surface area (Å²) in [5.74, 6) is -0.183. The van der Waals surface area contributed by atoms with Crippen LogP contribution in [0.15, 0.2) is 12.2 Å². The van der Waals surface area contributed by atoms with Crippen LogP contribution in [0.25, 0.3) is 0 Å². The Hall–Kier alpha value is -0.870. The largest absolute Gasteiger partial charge is 0.456 e. The highest BCUT2D eigenvalue weighted by atomic mass is 16.6. The van der Waals surface area contributed by atoms with E-state index in [1.165, 1.54) is 0 Å². The van der Waals surface area contributed by atoms with Gasteiger partial charge >= 0.3 is 5.97 Å². The fourth-order valence-electron chi connectivity index (χ4n) is 3.68. The second kappa shape index (κ2) is 4.35. The van der Waals surface area contributed by atoms with Crippen molar-refractivity contribution in [1.82, 2.24) is 0 Å². The van der Waals surface area contributed by atoms with Crippen molar-refractivity contribution in [3.63, 3.8) is 0 Å². The normalized spacial score (nSPS) is 43.3. The average molecular weight is 254 g/mol. The van der Waals surface area contributed by atoms with Crippen molar-refractivity contribution < 1.29 is 19.7 Å². The second-order valence-electron chi connectivity index (χ2n) is 6.39. The van der Waals surface area contributed by atoms with Crippen LogP contribution < -0.4 is 0 Å². The molecule has 0 aromatic carbocycles. The van der Waals surface area contributed by atoms with E-state index >= 15 is 0 Å². The predicted octanol–water partition coefficient (Wildman–Crippen LogP) is 1.55. The first-order chi connectivity index (χ1) is 8.21. The quantitative estimate of drug-likeness (QED) is 0.579. The van der Waals surface area contributed by atoms with Gasteiger partial charge in [0.25, 0.3) is 0 Å². The Kier molecular flexibility index (Phi) is 3.28. The fourth-order valence-corrected chi connectivity index (χ4v) is 3.68. The Morgan fingerprint density at radius 3 is 2.61 bits per heavy atom. The lowest BCUT2D eigenvalue weighted by molar-refractivity contribution is -0.185. The maximum absolute atomic E-state index is 11.7. The van der Waals surface area contributed by atoms with Gasteiger partial charge in [-0.05, 0) is 39.0 Å². The summed E-state index contributed by atoms with van der Waals surface area (Å²) in [5.41, 5.74) is -1.17. The lowest BCUT2D eigenvalue weighted by atomic mass is 9.63. The Balaban J connectivity index is 2.12. The Labute approximate surface area is 108 Å². The zero-order chi connectivity index (χ0) is 13.6. The van der Waals surface area contributed by atoms with Gasteiger partial charge in [-0.2, -0.15) is 0 Å². The molecule has 2 aliphatic carbocycles. The van der Waals surface area contributed by atoms with Crippen LogP contribution in [0, 0.1) is 5.92 Å². The molecule has 4 atom stereocenters. The molecule has 0 aliphatic heterocycles. The number of aliphatic hydroxyl groups excluding tert-OH is 1. The monoisotopic (exact) mass is 254 g/mol. The summed E-state index contributed by atoms with van der Waals surface area (Å²) in [5, 5.41) is 20.2. The van der Waals surface area contributed by atoms with Gasteiger partial charge < -0.3 is 14.9 Å². The van der Waals surface area contributed by atoms with Crippen molar-refractivity contribution >= 4 is 5.97 Å². The number of carbonyl (C=O) groups excluding carboxylic acids is 1. The number of carbonyl (C=O) groups is 1. The number of hydrogen-bond donors (Lipinski definition) is 2. The molecule has 2 aliphatic rings. The number of aliphatic hydroxyl groups is 2. The van der Waals surface area contributed by atoms with Crippen molar-refractivity contribution in [3.05, 3.63) is 12.2 Å². The smallest absolute Gasteiger partial charge is 0.333 e. The summed E-state index contributed by atoms with van der Waals surface area (Å²) in [4.78, 5) is 11.7. The van der Waals surface area contributed by atoms with Gasteiger partial charge in [-0.25, -0.2) is 4.79 Å². The number of fused-ring (bicyclic) bond motifs is 2. The van der Waals surface area contributed by atoms with Crippen LogP contribution in [0.4, 0.5) is 0 Å². The summed E-state index contributed by atoms with van der Waals surface area (Å²) >= 11 is 0. The van der Waals surface area contributed by atoms with E-state index in [9.17, 15) is 15.0 Å². The third-order valence-electron chi connectivity index (χ3n) is 4.00. The summed E-state index contributed by atoms with van der Waals surface area (Å²) < 4.78 is 5.50. The van der Waals surface area contributed by atoms with Crippen molar-refractivity contribution in [2.75, 3.05) is 0 Å². The Morgan fingerprint density at radius 2 is 2.06 bits per heavy atom. The lowest BCUT2D eigenvalue weighted by Crippen LogP contribution is -2.54. The molecule has 2 fully saturated rings. The van der Waals surface area contributed by atoms with Crippen molar-refractivity contribution in [2.24, 2.45) is 5.92 Å². The summed E-state index contributed by atoms with van der Waals surface area (Å²) in [6.45, 7) is 7.06. The predicted molar refractivity (Wildman–Crippen MR) is 66.8 cm³/mol. The van der Waals surface area contributed by atoms with Crippen molar-refractivity contribution in [1.29, 1.82) is 0 Å². The van der Waals surface area contributed by atoms with Crippen molar-refractivity contribution in [2.45, 2.75) is 63.3 Å². The molecule has 0 spiro atoms. The molecule has 0 amide bonds. The molecule has 0 aromatic heterocycles. The fraction of sp³-hybridized carbons (Fsp3) is 0.786. The minimum absolute atomic E-state index is 0.218. The Morgan fingerprint density at radius 1 is 1.39 bits per heavy atom. The van der Waals surface area contributed by atoms with E-state index in [1.807, 2.05) is 6.92 Å². The SMILES string of the molecule is C=C(C)C(=O)OC1(C)CC2CC(O)CC(O)(C2)C1. The van der Waals surface area contributed by atoms with E-state index < -0.39 is 23.3 Å². The standard InChI is InChI=1S/C14H22O4/c1-9(2)12(16)18-13(3)5-10-4-11(15)7-14(17,6-10)8-13/h10-11,15,17H,1,4-8H2,2-3H3. The van der Waals surface area contributed by atoms with E-state index in [0.29, 0.717) is 37.7 Å². The molecule has 2 rings (SSSR count). The minimum Gasteiger partial charge on any atom is -0.456 e. The minimum atomic E-state index is -0.898. The number of rotatable bonds is 2. The third-order valence-corrected chi connectivity index (χ3v) is 4.00. The highest BCUT2D eigenvalue weighted by Gasteiger charge is 2.51. The zero-order valence-electron chi connectivity index (χ0n) is 11.1. The molecule has 4 heteroatoms. The van der Waals surface area contributed by atoms with Gasteiger partial charge in [0.15, 0.2) is 0 Å². The summed E-state index contributed by atoms with van der Waals surface area (Å²) in [6.07, 6.45) is 2.42. The molecular weight excluding hydrogens is 232 g/mol. The van der Waals surface area contributed by atoms with Crippen LogP contribution >= 0.6 is 0 Å². The second-order valence-corrected chi connectivity index (χ2v) is 6.39. The molecule has 0 heterocycles. The number of ether oxygens (including phenoxy) is 1. The highest BCUT2D eigenvalue weighted by Crippen LogP contribution is 2.48. The molecule has 4 nitrogen and oxygen atoms in total. The van der Waals surface area contributed by atoms with Crippen LogP contribution in [-0.2, 0) is 9.53 Å². The molecule has 2 bridgehead atoms. The first-order valence-corrected chi connectivity index (χ1v) is 6.51. The maximum Gasteiger partial charge on any atom is 0.333 e. The van der Waals surface area contributed by atoms with Gasteiger partial charge in [0.1, 0.15) is 5.60 Å². The van der Waals surface area contributed by atoms with Gasteiger partial charge in [0, 0.05) is 18.4 Å². The van der Waals surface area contributed by atoms with Gasteiger partial charge in [0.05, 0.1) is 11.7 Å². The lowest BCUT2D eigenvalue weighted by Gasteiger charge is -2.50. The summed E-state index contributed by atoms with van der Waals surface area (Å²) in [7, 11) is 0. The van der Waals surface area contributed by atoms with E-state index in [4.69, 9.17) is 4.74 Å². The van der Waals surface area contributed by atoms with Gasteiger partial charge in [0.2, 0.25) is 0 Å². The number of esters is 1. The molecule has 18 heavy (non-hydrogen) atoms. The molecule has 0 aromatic rings. The van der Waals surface area contributed by atoms with Gasteiger partial charge in [-0.1, -0.05) is 6.58 Å². The third kappa shape index (κ3) is 2.75. The van der Waals surface area contributed by atoms with Crippen LogP contribution in [0.3, 0.4) is 0 Å². The first-order valence-electron chi connectivity index (χ1n) is 6.51. The number of hydrogen-bond acceptors (Lipinski definition) is 4. The molecule has 0 saturated heterocycles. The summed E-state index contributed by atoms with van der Waals surface area (Å²) in [6, 6.07) is 0. The van der Waals surface area contributed by atoms with E-state index in [-0.39, 0.29) is 5.92 Å². The highest BCUT2D eigenvalue weighted by molar-refractivity contribution is 5.87.